The molecule has 1 unspecified atom stereocenters. The predicted octanol–water partition coefficient (Wildman–Crippen LogP) is 1.16. The number of alkyl carbamates (subject to hydrolysis) is 1. The topological polar surface area (TPSA) is 82.2 Å². The van der Waals surface area contributed by atoms with E-state index in [-0.39, 0.29) is 0 Å². The van der Waals surface area contributed by atoms with Gasteiger partial charge in [-0.1, -0.05) is 6.92 Å². The van der Waals surface area contributed by atoms with Crippen LogP contribution in [0.1, 0.15) is 33.4 Å². The van der Waals surface area contributed by atoms with Crippen LogP contribution < -0.4 is 11.1 Å². The van der Waals surface area contributed by atoms with Crippen molar-refractivity contribution in [1.82, 2.24) is 14.9 Å². The summed E-state index contributed by atoms with van der Waals surface area (Å²) in [5, 5.41) is 2.75. The highest BCUT2D eigenvalue weighted by Gasteiger charge is 2.29. The second-order valence-electron chi connectivity index (χ2n) is 6.04. The van der Waals surface area contributed by atoms with Gasteiger partial charge in [-0.3, -0.25) is 0 Å². The molecule has 0 aliphatic heterocycles. The molecular formula is C13H24N4O2. The number of ether oxygens (including phenoxy) is 1. The fourth-order valence-corrected chi connectivity index (χ4v) is 1.57. The third-order valence-corrected chi connectivity index (χ3v) is 2.80. The van der Waals surface area contributed by atoms with Gasteiger partial charge in [0.2, 0.25) is 0 Å². The highest BCUT2D eigenvalue weighted by atomic mass is 16.6. The van der Waals surface area contributed by atoms with Crippen molar-refractivity contribution < 1.29 is 9.53 Å². The van der Waals surface area contributed by atoms with E-state index >= 15 is 0 Å². The molecule has 0 saturated heterocycles. The summed E-state index contributed by atoms with van der Waals surface area (Å²) in [6.45, 7) is 8.22. The molecule has 1 amide bonds. The minimum atomic E-state index is -0.506. The Balaban J connectivity index is 2.65. The van der Waals surface area contributed by atoms with Crippen LogP contribution in [0.15, 0.2) is 12.5 Å². The Hall–Kier alpha value is -1.56. The van der Waals surface area contributed by atoms with E-state index in [0.717, 1.165) is 5.69 Å². The molecule has 0 aromatic carbocycles. The number of carbonyl (C=O) groups is 1. The zero-order valence-corrected chi connectivity index (χ0v) is 12.4. The fraction of sp³-hybridized carbons (Fsp3) is 0.692. The first-order valence-electron chi connectivity index (χ1n) is 6.32. The Morgan fingerprint density at radius 3 is 2.53 bits per heavy atom. The first kappa shape index (κ1) is 15.5. The maximum absolute atomic E-state index is 11.7. The number of nitrogens with one attached hydrogen (secondary N) is 1. The number of hydrogen-bond donors (Lipinski definition) is 2. The molecule has 0 aliphatic carbocycles. The highest BCUT2D eigenvalue weighted by molar-refractivity contribution is 5.67. The zero-order chi connectivity index (χ0) is 14.7. The molecule has 6 heteroatoms. The molecule has 0 aliphatic rings. The van der Waals surface area contributed by atoms with E-state index in [1.807, 2.05) is 45.5 Å². The van der Waals surface area contributed by atoms with Crippen LogP contribution in [0.4, 0.5) is 4.79 Å². The summed E-state index contributed by atoms with van der Waals surface area (Å²) < 4.78 is 7.06. The zero-order valence-electron chi connectivity index (χ0n) is 12.4. The van der Waals surface area contributed by atoms with Crippen molar-refractivity contribution in [3.8, 4) is 0 Å². The molecule has 3 N–H and O–H groups in total. The molecule has 19 heavy (non-hydrogen) atoms. The minimum Gasteiger partial charge on any atom is -0.444 e. The van der Waals surface area contributed by atoms with Crippen LogP contribution in [0.2, 0.25) is 0 Å². The van der Waals surface area contributed by atoms with Gasteiger partial charge >= 0.3 is 6.09 Å². The normalized spacial score (nSPS) is 14.8. The minimum absolute atomic E-state index is 0.384. The number of aryl methyl sites for hydroxylation is 1. The number of nitrogens with two attached hydrogens (primary N) is 1. The smallest absolute Gasteiger partial charge is 0.407 e. The standard InChI is InChI=1S/C13H24N4O2/c1-12(2,3)19-11(18)15-8-13(4,7-14)10-6-17(5)9-16-10/h6,9H,7-8,14H2,1-5H3,(H,15,18). The molecule has 1 aromatic rings. The van der Waals surface area contributed by atoms with Gasteiger partial charge < -0.3 is 20.4 Å². The van der Waals surface area contributed by atoms with Crippen LogP contribution in [0.5, 0.6) is 0 Å². The van der Waals surface area contributed by atoms with Gasteiger partial charge in [0.15, 0.2) is 0 Å². The summed E-state index contributed by atoms with van der Waals surface area (Å²) in [4.78, 5) is 16.0. The van der Waals surface area contributed by atoms with E-state index in [4.69, 9.17) is 10.5 Å². The molecule has 108 valence electrons. The van der Waals surface area contributed by atoms with Crippen molar-refractivity contribution in [3.63, 3.8) is 0 Å². The van der Waals surface area contributed by atoms with Crippen molar-refractivity contribution >= 4 is 6.09 Å². The average Bonchev–Trinajstić information content (AvgIpc) is 2.71. The summed E-state index contributed by atoms with van der Waals surface area (Å²) in [6, 6.07) is 0. The van der Waals surface area contributed by atoms with E-state index in [1.165, 1.54) is 0 Å². The second kappa shape index (κ2) is 5.61. The van der Waals surface area contributed by atoms with Gasteiger partial charge in [-0.2, -0.15) is 0 Å². The van der Waals surface area contributed by atoms with Gasteiger partial charge in [0.25, 0.3) is 0 Å². The number of hydrogen-bond acceptors (Lipinski definition) is 4. The maximum atomic E-state index is 11.7. The summed E-state index contributed by atoms with van der Waals surface area (Å²) in [7, 11) is 1.90. The van der Waals surface area contributed by atoms with Crippen LogP contribution in [0.25, 0.3) is 0 Å². The summed E-state index contributed by atoms with van der Waals surface area (Å²) in [5.41, 5.74) is 5.77. The molecule has 0 saturated carbocycles. The molecule has 0 bridgehead atoms. The SMILES string of the molecule is Cn1cnc(C(C)(CN)CNC(=O)OC(C)(C)C)c1. The lowest BCUT2D eigenvalue weighted by molar-refractivity contribution is 0.0516. The molecule has 1 aromatic heterocycles. The molecule has 1 atom stereocenters. The van der Waals surface area contributed by atoms with E-state index in [9.17, 15) is 4.79 Å². The predicted molar refractivity (Wildman–Crippen MR) is 73.9 cm³/mol. The molecule has 0 radical (unpaired) electrons. The Bertz CT molecular complexity index is 436. The lowest BCUT2D eigenvalue weighted by Crippen LogP contribution is -2.45. The summed E-state index contributed by atoms with van der Waals surface area (Å²) >= 11 is 0. The van der Waals surface area contributed by atoms with E-state index in [0.29, 0.717) is 13.1 Å². The quantitative estimate of drug-likeness (QED) is 0.858. The number of amides is 1. The molecular weight excluding hydrogens is 244 g/mol. The van der Waals surface area contributed by atoms with Crippen LogP contribution in [-0.4, -0.2) is 34.3 Å². The Labute approximate surface area is 114 Å². The van der Waals surface area contributed by atoms with Crippen LogP contribution in [0, 0.1) is 0 Å². The number of carbonyl (C=O) groups excluding carboxylic acids is 1. The lowest BCUT2D eigenvalue weighted by atomic mass is 9.87. The first-order valence-corrected chi connectivity index (χ1v) is 6.32. The van der Waals surface area contributed by atoms with Crippen molar-refractivity contribution in [2.45, 2.75) is 38.7 Å². The summed E-state index contributed by atoms with van der Waals surface area (Å²) in [5.74, 6) is 0. The van der Waals surface area contributed by atoms with Crippen LogP contribution >= 0.6 is 0 Å². The van der Waals surface area contributed by atoms with Gasteiger partial charge in [-0.05, 0) is 20.8 Å². The van der Waals surface area contributed by atoms with E-state index in [2.05, 4.69) is 10.3 Å². The number of rotatable bonds is 4. The van der Waals surface area contributed by atoms with Crippen molar-refractivity contribution in [1.29, 1.82) is 0 Å². The largest absolute Gasteiger partial charge is 0.444 e. The van der Waals surface area contributed by atoms with Crippen molar-refractivity contribution in [3.05, 3.63) is 18.2 Å². The Morgan fingerprint density at radius 1 is 1.47 bits per heavy atom. The monoisotopic (exact) mass is 268 g/mol. The average molecular weight is 268 g/mol. The van der Waals surface area contributed by atoms with Crippen LogP contribution in [0.3, 0.4) is 0 Å². The van der Waals surface area contributed by atoms with E-state index in [1.54, 1.807) is 6.33 Å². The van der Waals surface area contributed by atoms with Crippen molar-refractivity contribution in [2.75, 3.05) is 13.1 Å². The molecule has 0 spiro atoms. The van der Waals surface area contributed by atoms with Crippen LogP contribution in [-0.2, 0) is 17.2 Å². The van der Waals surface area contributed by atoms with Crippen molar-refractivity contribution in [2.24, 2.45) is 12.8 Å². The number of nitrogens with zero attached hydrogens (tertiary/aromatic N) is 2. The van der Waals surface area contributed by atoms with Gasteiger partial charge in [0.05, 0.1) is 12.0 Å². The molecule has 6 nitrogen and oxygen atoms in total. The van der Waals surface area contributed by atoms with Gasteiger partial charge in [-0.15, -0.1) is 0 Å². The fourth-order valence-electron chi connectivity index (χ4n) is 1.57. The maximum Gasteiger partial charge on any atom is 0.407 e. The molecule has 1 heterocycles. The lowest BCUT2D eigenvalue weighted by Gasteiger charge is -2.27. The van der Waals surface area contributed by atoms with Gasteiger partial charge in [0.1, 0.15) is 5.60 Å². The summed E-state index contributed by atoms with van der Waals surface area (Å²) in [6.07, 6.45) is 3.18. The Morgan fingerprint density at radius 2 is 2.11 bits per heavy atom. The Kier molecular flexibility index (Phi) is 4.57. The second-order valence-corrected chi connectivity index (χ2v) is 6.04. The first-order chi connectivity index (χ1) is 8.66. The third kappa shape index (κ3) is 4.55. The number of aromatic nitrogens is 2. The van der Waals surface area contributed by atoms with Gasteiger partial charge in [-0.25, -0.2) is 9.78 Å². The van der Waals surface area contributed by atoms with E-state index < -0.39 is 17.1 Å². The third-order valence-electron chi connectivity index (χ3n) is 2.80. The molecule has 0 fully saturated rings. The molecule has 1 rings (SSSR count). The highest BCUT2D eigenvalue weighted by Crippen LogP contribution is 2.19. The number of imidazole rings is 1. The van der Waals surface area contributed by atoms with Gasteiger partial charge in [0, 0.05) is 31.7 Å².